The zero-order valence-corrected chi connectivity index (χ0v) is 21.4. The number of ketones is 2. The molecule has 9 heteroatoms. The average molecular weight is 493 g/mol. The first-order chi connectivity index (χ1) is 15.8. The van der Waals surface area contributed by atoms with Crippen LogP contribution in [0.2, 0.25) is 0 Å². The predicted molar refractivity (Wildman–Crippen MR) is 121 cm³/mol. The number of carbonyl (C=O) groups excluding carboxylic acids is 4. The van der Waals surface area contributed by atoms with Crippen molar-refractivity contribution < 1.29 is 44.0 Å². The number of esters is 2. The zero-order chi connectivity index (χ0) is 26.7. The lowest BCUT2D eigenvalue weighted by Crippen LogP contribution is -2.74. The van der Waals surface area contributed by atoms with Gasteiger partial charge in [0.25, 0.3) is 5.79 Å². The highest BCUT2D eigenvalue weighted by molar-refractivity contribution is 5.98. The normalized spacial score (nSPS) is 48.3. The van der Waals surface area contributed by atoms with Crippen molar-refractivity contribution in [3.8, 4) is 0 Å². The van der Waals surface area contributed by atoms with Crippen LogP contribution in [0.3, 0.4) is 0 Å². The minimum atomic E-state index is -2.76. The number of methoxy groups -OCH3 is 1. The van der Waals surface area contributed by atoms with Gasteiger partial charge in [-0.15, -0.1) is 0 Å². The summed E-state index contributed by atoms with van der Waals surface area (Å²) in [5.74, 6) is -8.04. The summed E-state index contributed by atoms with van der Waals surface area (Å²) in [6.45, 7) is 13.6. The number of cyclic esters (lactones) is 1. The molecule has 1 saturated heterocycles. The minimum Gasteiger partial charge on any atom is -0.467 e. The third-order valence-corrected chi connectivity index (χ3v) is 10.5. The zero-order valence-electron chi connectivity index (χ0n) is 21.4. The molecule has 9 nitrogen and oxygen atoms in total. The molecular weight excluding hydrogens is 456 g/mol. The Labute approximate surface area is 204 Å². The van der Waals surface area contributed by atoms with Gasteiger partial charge in [-0.1, -0.05) is 39.8 Å². The molecule has 4 aliphatic rings. The molecule has 3 aliphatic carbocycles. The average Bonchev–Trinajstić information content (AvgIpc) is 2.99. The number of aliphatic hydroxyl groups is 3. The summed E-state index contributed by atoms with van der Waals surface area (Å²) in [6, 6.07) is 0. The Morgan fingerprint density at radius 2 is 1.71 bits per heavy atom. The fraction of sp³-hybridized carbons (Fsp3) is 0.769. The largest absolute Gasteiger partial charge is 0.467 e. The van der Waals surface area contributed by atoms with E-state index < -0.39 is 74.6 Å². The van der Waals surface area contributed by atoms with E-state index in [0.29, 0.717) is 12.0 Å². The molecular formula is C26H36O9. The third-order valence-electron chi connectivity index (χ3n) is 10.5. The van der Waals surface area contributed by atoms with Crippen LogP contribution in [0.1, 0.15) is 60.8 Å². The molecule has 0 bridgehead atoms. The number of Topliss-reactive ketones (excluding diaryl/α,β-unsaturated/α-hetero) is 2. The molecule has 194 valence electrons. The maximum absolute atomic E-state index is 13.8. The van der Waals surface area contributed by atoms with E-state index in [-0.39, 0.29) is 18.6 Å². The SMILES string of the molecule is C=C1C[C@H]2[C@]3(C)CCC(=O)C(C)(C)[C@H]3C(=O)[C@@H](O)[C@]2(C)[C@@H]2C(=O)O[C@@](O)([C@](C)(O)C(=O)OC)[C@]12C. The van der Waals surface area contributed by atoms with Crippen molar-refractivity contribution in [2.45, 2.75) is 78.3 Å². The van der Waals surface area contributed by atoms with Gasteiger partial charge in [-0.05, 0) is 38.0 Å². The second kappa shape index (κ2) is 7.01. The number of aliphatic hydroxyl groups excluding tert-OH is 1. The number of hydrogen-bond acceptors (Lipinski definition) is 9. The fourth-order valence-electron chi connectivity index (χ4n) is 8.53. The molecule has 9 atom stereocenters. The molecule has 0 aromatic heterocycles. The monoisotopic (exact) mass is 492 g/mol. The van der Waals surface area contributed by atoms with Crippen LogP contribution in [-0.2, 0) is 28.7 Å². The number of fused-ring (bicyclic) bond motifs is 5. The van der Waals surface area contributed by atoms with Crippen LogP contribution in [0.15, 0.2) is 12.2 Å². The molecule has 35 heavy (non-hydrogen) atoms. The molecule has 4 fully saturated rings. The van der Waals surface area contributed by atoms with Crippen LogP contribution in [-0.4, -0.2) is 63.4 Å². The second-order valence-corrected chi connectivity index (χ2v) is 12.4. The van der Waals surface area contributed by atoms with Crippen molar-refractivity contribution in [2.24, 2.45) is 39.4 Å². The number of rotatable bonds is 2. The molecule has 3 N–H and O–H groups in total. The topological polar surface area (TPSA) is 147 Å². The molecule has 0 unspecified atom stereocenters. The van der Waals surface area contributed by atoms with E-state index in [1.165, 1.54) is 6.92 Å². The molecule has 0 radical (unpaired) electrons. The van der Waals surface area contributed by atoms with Gasteiger partial charge in [-0.25, -0.2) is 4.79 Å². The summed E-state index contributed by atoms with van der Waals surface area (Å²) in [4.78, 5) is 52.6. The Hall–Kier alpha value is -2.10. The van der Waals surface area contributed by atoms with Gasteiger partial charge in [0, 0.05) is 23.2 Å². The van der Waals surface area contributed by atoms with E-state index in [4.69, 9.17) is 4.74 Å². The van der Waals surface area contributed by atoms with Crippen molar-refractivity contribution in [3.63, 3.8) is 0 Å². The van der Waals surface area contributed by atoms with Crippen LogP contribution in [0.25, 0.3) is 0 Å². The molecule has 0 spiro atoms. The minimum absolute atomic E-state index is 0.0487. The summed E-state index contributed by atoms with van der Waals surface area (Å²) in [7, 11) is 1.03. The van der Waals surface area contributed by atoms with Gasteiger partial charge in [0.15, 0.2) is 5.78 Å². The Kier molecular flexibility index (Phi) is 5.21. The summed E-state index contributed by atoms with van der Waals surface area (Å²) >= 11 is 0. The van der Waals surface area contributed by atoms with Crippen LogP contribution in [0.4, 0.5) is 0 Å². The molecule has 0 amide bonds. The lowest BCUT2D eigenvalue weighted by atomic mass is 9.35. The van der Waals surface area contributed by atoms with Crippen LogP contribution in [0, 0.1) is 39.4 Å². The van der Waals surface area contributed by atoms with E-state index >= 15 is 0 Å². The van der Waals surface area contributed by atoms with Crippen molar-refractivity contribution in [3.05, 3.63) is 12.2 Å². The summed E-state index contributed by atoms with van der Waals surface area (Å²) in [5, 5.41) is 34.4. The standard InChI is InChI=1S/C26H36O9/c1-12-11-13-22(4)10-9-14(27)21(2,3)16(22)15(28)18(29)23(13,5)17-19(30)35-26(33,24(12,17)6)25(7,32)20(31)34-8/h13,16-18,29,32-33H,1,9-11H2,2-8H3/t13-,16+,17-,18+,22-,23-,24+,25+,26+/m0/s1. The molecule has 1 aliphatic heterocycles. The van der Waals surface area contributed by atoms with Crippen molar-refractivity contribution in [1.29, 1.82) is 0 Å². The van der Waals surface area contributed by atoms with Crippen molar-refractivity contribution >= 4 is 23.5 Å². The Morgan fingerprint density at radius 3 is 2.26 bits per heavy atom. The highest BCUT2D eigenvalue weighted by atomic mass is 16.7. The van der Waals surface area contributed by atoms with Gasteiger partial charge >= 0.3 is 11.9 Å². The Morgan fingerprint density at radius 1 is 1.14 bits per heavy atom. The van der Waals surface area contributed by atoms with E-state index in [2.05, 4.69) is 11.3 Å². The number of carbonyl (C=O) groups is 4. The first-order valence-electron chi connectivity index (χ1n) is 12.0. The van der Waals surface area contributed by atoms with Crippen LogP contribution in [0.5, 0.6) is 0 Å². The van der Waals surface area contributed by atoms with E-state index in [1.54, 1.807) is 20.8 Å². The lowest BCUT2D eigenvalue weighted by Gasteiger charge is -2.67. The highest BCUT2D eigenvalue weighted by Crippen LogP contribution is 2.74. The van der Waals surface area contributed by atoms with Crippen LogP contribution < -0.4 is 0 Å². The Bertz CT molecular complexity index is 1060. The van der Waals surface area contributed by atoms with Crippen molar-refractivity contribution in [1.82, 2.24) is 0 Å². The van der Waals surface area contributed by atoms with E-state index in [9.17, 15) is 34.5 Å². The smallest absolute Gasteiger partial charge is 0.344 e. The fourth-order valence-corrected chi connectivity index (χ4v) is 8.53. The second-order valence-electron chi connectivity index (χ2n) is 12.4. The molecule has 0 aromatic rings. The molecule has 4 rings (SSSR count). The molecule has 1 heterocycles. The molecule has 0 aromatic carbocycles. The van der Waals surface area contributed by atoms with Gasteiger partial charge < -0.3 is 24.8 Å². The highest BCUT2D eigenvalue weighted by Gasteiger charge is 2.82. The third kappa shape index (κ3) is 2.59. The maximum atomic E-state index is 13.8. The number of hydrogen-bond donors (Lipinski definition) is 3. The molecule has 3 saturated carbocycles. The predicted octanol–water partition coefficient (Wildman–Crippen LogP) is 1.32. The first-order valence-corrected chi connectivity index (χ1v) is 12.0. The van der Waals surface area contributed by atoms with E-state index in [0.717, 1.165) is 14.0 Å². The summed E-state index contributed by atoms with van der Waals surface area (Å²) in [5.41, 5.74) is -7.24. The van der Waals surface area contributed by atoms with Gasteiger partial charge in [0.2, 0.25) is 5.60 Å². The maximum Gasteiger partial charge on any atom is 0.344 e. The van der Waals surface area contributed by atoms with E-state index in [1.807, 2.05) is 6.92 Å². The summed E-state index contributed by atoms with van der Waals surface area (Å²) < 4.78 is 10.1. The summed E-state index contributed by atoms with van der Waals surface area (Å²) in [6.07, 6.45) is -0.808. The first kappa shape index (κ1) is 26.0. The number of ether oxygens (including phenoxy) is 2. The van der Waals surface area contributed by atoms with Gasteiger partial charge in [-0.3, -0.25) is 14.4 Å². The Balaban J connectivity index is 1.95. The van der Waals surface area contributed by atoms with Crippen molar-refractivity contribution in [2.75, 3.05) is 7.11 Å². The van der Waals surface area contributed by atoms with Crippen LogP contribution >= 0.6 is 0 Å². The quantitative estimate of drug-likeness (QED) is 0.383. The van der Waals surface area contributed by atoms with Gasteiger partial charge in [0.1, 0.15) is 11.9 Å². The van der Waals surface area contributed by atoms with Gasteiger partial charge in [0.05, 0.1) is 18.4 Å². The lowest BCUT2D eigenvalue weighted by molar-refractivity contribution is -0.304. The van der Waals surface area contributed by atoms with Gasteiger partial charge in [-0.2, -0.15) is 0 Å².